The van der Waals surface area contributed by atoms with Gasteiger partial charge in [-0.05, 0) is 41.7 Å². The smallest absolute Gasteiger partial charge is 0.0948 e. The number of thioether (sulfide) groups is 1. The molecule has 0 saturated heterocycles. The van der Waals surface area contributed by atoms with Crippen molar-refractivity contribution in [1.82, 2.24) is 9.55 Å². The first-order valence-corrected chi connectivity index (χ1v) is 10.7. The standard InChI is InChI=1S/C24H26N2S/c1-3-7-20(8-4-1)24(15-17-26-18-16-25-19-26)21-11-13-23(14-12-21)27-22-9-5-2-6-10-22/h1,3-4,7-8,11-16,18-19,22H,2,5-6,9-10,17H2. The zero-order valence-electron chi connectivity index (χ0n) is 15.6. The minimum atomic E-state index is 0.801. The van der Waals surface area contributed by atoms with E-state index in [9.17, 15) is 0 Å². The summed E-state index contributed by atoms with van der Waals surface area (Å²) in [7, 11) is 0. The predicted molar refractivity (Wildman–Crippen MR) is 115 cm³/mol. The van der Waals surface area contributed by atoms with Crippen molar-refractivity contribution < 1.29 is 0 Å². The Morgan fingerprint density at radius 1 is 0.963 bits per heavy atom. The predicted octanol–water partition coefficient (Wildman–Crippen LogP) is 6.44. The summed E-state index contributed by atoms with van der Waals surface area (Å²) in [6.45, 7) is 0.822. The van der Waals surface area contributed by atoms with Crippen molar-refractivity contribution in [3.8, 4) is 0 Å². The normalized spacial score (nSPS) is 15.8. The van der Waals surface area contributed by atoms with Crippen molar-refractivity contribution in [2.75, 3.05) is 0 Å². The van der Waals surface area contributed by atoms with Crippen LogP contribution in [-0.2, 0) is 6.54 Å². The molecule has 0 radical (unpaired) electrons. The van der Waals surface area contributed by atoms with Crippen LogP contribution in [0.25, 0.3) is 5.57 Å². The van der Waals surface area contributed by atoms with Crippen LogP contribution in [0.15, 0.2) is 84.3 Å². The molecular formula is C24H26N2S. The zero-order chi connectivity index (χ0) is 18.3. The molecule has 1 fully saturated rings. The molecule has 0 aliphatic heterocycles. The summed E-state index contributed by atoms with van der Waals surface area (Å²) < 4.78 is 2.09. The van der Waals surface area contributed by atoms with Gasteiger partial charge in [-0.1, -0.05) is 67.8 Å². The summed E-state index contributed by atoms with van der Waals surface area (Å²) in [5, 5.41) is 0.801. The fraction of sp³-hybridized carbons (Fsp3) is 0.292. The molecule has 0 bridgehead atoms. The number of aromatic nitrogens is 2. The Hall–Kier alpha value is -2.26. The Morgan fingerprint density at radius 3 is 2.41 bits per heavy atom. The number of hydrogen-bond acceptors (Lipinski definition) is 2. The molecule has 1 saturated carbocycles. The molecule has 3 heteroatoms. The van der Waals surface area contributed by atoms with Gasteiger partial charge in [0.2, 0.25) is 0 Å². The first kappa shape index (κ1) is 18.1. The number of allylic oxidation sites excluding steroid dienone is 1. The van der Waals surface area contributed by atoms with Crippen molar-refractivity contribution in [3.63, 3.8) is 0 Å². The van der Waals surface area contributed by atoms with Crippen LogP contribution < -0.4 is 0 Å². The molecule has 3 aromatic rings. The number of hydrogen-bond donors (Lipinski definition) is 0. The topological polar surface area (TPSA) is 17.8 Å². The van der Waals surface area contributed by atoms with Gasteiger partial charge < -0.3 is 4.57 Å². The van der Waals surface area contributed by atoms with E-state index in [-0.39, 0.29) is 0 Å². The Kier molecular flexibility index (Phi) is 6.10. The number of rotatable bonds is 6. The number of imidazole rings is 1. The summed E-state index contributed by atoms with van der Waals surface area (Å²) in [5.41, 5.74) is 3.80. The van der Waals surface area contributed by atoms with Gasteiger partial charge in [-0.15, -0.1) is 11.8 Å². The SMILES string of the molecule is C(Cn1ccnc1)=C(c1ccccc1)c1ccc(SC2CCCCC2)cc1. The Bertz CT molecular complexity index is 845. The summed E-state index contributed by atoms with van der Waals surface area (Å²) in [5.74, 6) is 0. The van der Waals surface area contributed by atoms with Crippen LogP contribution in [-0.4, -0.2) is 14.8 Å². The summed E-state index contributed by atoms with van der Waals surface area (Å²) in [6.07, 6.45) is 14.9. The molecule has 4 rings (SSSR count). The summed E-state index contributed by atoms with van der Waals surface area (Å²) in [6, 6.07) is 19.8. The van der Waals surface area contributed by atoms with E-state index in [1.54, 1.807) is 0 Å². The monoisotopic (exact) mass is 374 g/mol. The lowest BCUT2D eigenvalue weighted by Crippen LogP contribution is -2.07. The van der Waals surface area contributed by atoms with Gasteiger partial charge >= 0.3 is 0 Å². The van der Waals surface area contributed by atoms with Crippen LogP contribution in [0.1, 0.15) is 43.2 Å². The van der Waals surface area contributed by atoms with Crippen LogP contribution in [0.4, 0.5) is 0 Å². The van der Waals surface area contributed by atoms with Gasteiger partial charge in [-0.25, -0.2) is 4.98 Å². The molecule has 0 amide bonds. The first-order valence-electron chi connectivity index (χ1n) is 9.87. The van der Waals surface area contributed by atoms with Gasteiger partial charge in [0.05, 0.1) is 6.33 Å². The molecule has 0 unspecified atom stereocenters. The highest BCUT2D eigenvalue weighted by Crippen LogP contribution is 2.34. The highest BCUT2D eigenvalue weighted by molar-refractivity contribution is 8.00. The maximum Gasteiger partial charge on any atom is 0.0948 e. The third-order valence-electron chi connectivity index (χ3n) is 5.17. The van der Waals surface area contributed by atoms with E-state index in [1.165, 1.54) is 53.7 Å². The summed E-state index contributed by atoms with van der Waals surface area (Å²) >= 11 is 2.06. The quantitative estimate of drug-likeness (QED) is 0.494. The Labute approximate surface area is 166 Å². The van der Waals surface area contributed by atoms with E-state index in [4.69, 9.17) is 0 Å². The largest absolute Gasteiger partial charge is 0.334 e. The lowest BCUT2D eigenvalue weighted by molar-refractivity contribution is 0.516. The average Bonchev–Trinajstić information content (AvgIpc) is 3.25. The van der Waals surface area contributed by atoms with Crippen molar-refractivity contribution in [3.05, 3.63) is 90.5 Å². The van der Waals surface area contributed by atoms with E-state index >= 15 is 0 Å². The van der Waals surface area contributed by atoms with Crippen LogP contribution >= 0.6 is 11.8 Å². The molecule has 1 aromatic heterocycles. The van der Waals surface area contributed by atoms with E-state index in [0.717, 1.165) is 11.8 Å². The Morgan fingerprint density at radius 2 is 1.70 bits per heavy atom. The van der Waals surface area contributed by atoms with Crippen molar-refractivity contribution in [2.45, 2.75) is 48.8 Å². The second-order valence-corrected chi connectivity index (χ2v) is 8.52. The average molecular weight is 375 g/mol. The van der Waals surface area contributed by atoms with E-state index in [0.29, 0.717) is 0 Å². The first-order chi connectivity index (χ1) is 13.4. The molecule has 0 spiro atoms. The molecule has 1 aliphatic rings. The van der Waals surface area contributed by atoms with Gasteiger partial charge in [0.15, 0.2) is 0 Å². The van der Waals surface area contributed by atoms with Crippen molar-refractivity contribution >= 4 is 17.3 Å². The van der Waals surface area contributed by atoms with Crippen LogP contribution in [0.3, 0.4) is 0 Å². The highest BCUT2D eigenvalue weighted by atomic mass is 32.2. The fourth-order valence-corrected chi connectivity index (χ4v) is 4.95. The van der Waals surface area contributed by atoms with Crippen LogP contribution in [0.5, 0.6) is 0 Å². The molecule has 0 N–H and O–H groups in total. The minimum absolute atomic E-state index is 0.801. The molecular weight excluding hydrogens is 348 g/mol. The van der Waals surface area contributed by atoms with Gasteiger partial charge in [-0.3, -0.25) is 0 Å². The number of benzene rings is 2. The van der Waals surface area contributed by atoms with Crippen LogP contribution in [0.2, 0.25) is 0 Å². The van der Waals surface area contributed by atoms with Gasteiger partial charge in [0.1, 0.15) is 0 Å². The molecule has 0 atom stereocenters. The molecule has 1 heterocycles. The molecule has 138 valence electrons. The fourth-order valence-electron chi connectivity index (χ4n) is 3.70. The lowest BCUT2D eigenvalue weighted by Gasteiger charge is -2.21. The maximum absolute atomic E-state index is 4.14. The van der Waals surface area contributed by atoms with Crippen LogP contribution in [0, 0.1) is 0 Å². The van der Waals surface area contributed by atoms with Gasteiger partial charge in [0, 0.05) is 29.1 Å². The second-order valence-electron chi connectivity index (χ2n) is 7.15. The molecule has 1 aliphatic carbocycles. The molecule has 27 heavy (non-hydrogen) atoms. The Balaban J connectivity index is 1.55. The molecule has 2 aromatic carbocycles. The van der Waals surface area contributed by atoms with Crippen molar-refractivity contribution in [1.29, 1.82) is 0 Å². The van der Waals surface area contributed by atoms with Gasteiger partial charge in [-0.2, -0.15) is 0 Å². The third kappa shape index (κ3) is 4.92. The summed E-state index contributed by atoms with van der Waals surface area (Å²) in [4.78, 5) is 5.54. The highest BCUT2D eigenvalue weighted by Gasteiger charge is 2.14. The third-order valence-corrected chi connectivity index (χ3v) is 6.52. The minimum Gasteiger partial charge on any atom is -0.334 e. The van der Waals surface area contributed by atoms with E-state index in [2.05, 4.69) is 82.0 Å². The lowest BCUT2D eigenvalue weighted by atomic mass is 9.97. The second kappa shape index (κ2) is 9.09. The van der Waals surface area contributed by atoms with E-state index in [1.807, 2.05) is 18.7 Å². The van der Waals surface area contributed by atoms with Crippen molar-refractivity contribution in [2.24, 2.45) is 0 Å². The number of nitrogens with zero attached hydrogens (tertiary/aromatic N) is 2. The van der Waals surface area contributed by atoms with Gasteiger partial charge in [0.25, 0.3) is 0 Å². The molecule has 2 nitrogen and oxygen atoms in total. The maximum atomic E-state index is 4.14. The van der Waals surface area contributed by atoms with E-state index < -0.39 is 0 Å². The zero-order valence-corrected chi connectivity index (χ0v) is 16.4.